The van der Waals surface area contributed by atoms with Gasteiger partial charge in [-0.25, -0.2) is 8.42 Å². The highest BCUT2D eigenvalue weighted by Crippen LogP contribution is 2.34. The summed E-state index contributed by atoms with van der Waals surface area (Å²) in [6.45, 7) is 0. The van der Waals surface area contributed by atoms with Crippen molar-refractivity contribution in [2.24, 2.45) is 0 Å². The highest BCUT2D eigenvalue weighted by Gasteiger charge is 2.28. The lowest BCUT2D eigenvalue weighted by Gasteiger charge is -2.14. The van der Waals surface area contributed by atoms with Crippen molar-refractivity contribution in [2.45, 2.75) is 16.0 Å². The molecule has 2 aromatic carbocycles. The summed E-state index contributed by atoms with van der Waals surface area (Å²) in [5.74, 6) is -0.551. The fourth-order valence-electron chi connectivity index (χ4n) is 2.02. The molecular weight excluding hydrogens is 391 g/mol. The first-order valence-electron chi connectivity index (χ1n) is 7.20. The van der Waals surface area contributed by atoms with E-state index in [1.165, 1.54) is 56.7 Å². The van der Waals surface area contributed by atoms with Crippen LogP contribution in [0.1, 0.15) is 0 Å². The van der Waals surface area contributed by atoms with Crippen LogP contribution < -0.4 is 14.2 Å². The minimum atomic E-state index is -4.36. The Morgan fingerprint density at radius 1 is 1.04 bits per heavy atom. The van der Waals surface area contributed by atoms with Gasteiger partial charge in [-0.15, -0.1) is 11.8 Å². The number of hydrogen-bond donors (Lipinski definition) is 1. The normalized spacial score (nSPS) is 11.9. The van der Waals surface area contributed by atoms with Gasteiger partial charge < -0.3 is 9.47 Å². The molecular formula is C16H16F3NO4S2. The number of halogens is 3. The zero-order chi connectivity index (χ0) is 19.4. The van der Waals surface area contributed by atoms with Gasteiger partial charge in [0, 0.05) is 11.0 Å². The molecule has 1 N–H and O–H groups in total. The van der Waals surface area contributed by atoms with E-state index in [9.17, 15) is 21.6 Å². The average molecular weight is 407 g/mol. The number of ether oxygens (including phenoxy) is 2. The number of thioether (sulfide) groups is 1. The number of nitrogens with one attached hydrogen (secondary N) is 1. The molecule has 0 spiro atoms. The molecule has 0 unspecified atom stereocenters. The van der Waals surface area contributed by atoms with Gasteiger partial charge in [0.15, 0.2) is 11.5 Å². The number of sulfonamides is 1. The molecule has 26 heavy (non-hydrogen) atoms. The van der Waals surface area contributed by atoms with E-state index in [4.69, 9.17) is 9.47 Å². The van der Waals surface area contributed by atoms with Crippen molar-refractivity contribution < 1.29 is 31.1 Å². The van der Waals surface area contributed by atoms with Crippen LogP contribution in [-0.4, -0.2) is 34.6 Å². The maximum Gasteiger partial charge on any atom is 0.398 e. The second-order valence-corrected chi connectivity index (χ2v) is 7.72. The lowest BCUT2D eigenvalue weighted by atomic mass is 10.3. The topological polar surface area (TPSA) is 64.6 Å². The zero-order valence-electron chi connectivity index (χ0n) is 13.8. The van der Waals surface area contributed by atoms with Crippen LogP contribution in [0.4, 0.5) is 18.9 Å². The summed E-state index contributed by atoms with van der Waals surface area (Å²) in [6, 6.07) is 9.90. The van der Waals surface area contributed by atoms with Gasteiger partial charge in [0.1, 0.15) is 0 Å². The van der Waals surface area contributed by atoms with Crippen molar-refractivity contribution >= 4 is 27.5 Å². The number of alkyl halides is 3. The van der Waals surface area contributed by atoms with Crippen LogP contribution in [0.15, 0.2) is 52.3 Å². The Bertz CT molecular complexity index is 870. The minimum Gasteiger partial charge on any atom is -0.493 e. The number of methoxy groups -OCH3 is 2. The van der Waals surface area contributed by atoms with E-state index in [-0.39, 0.29) is 21.2 Å². The van der Waals surface area contributed by atoms with E-state index >= 15 is 0 Å². The summed E-state index contributed by atoms with van der Waals surface area (Å²) in [6.07, 6.45) is -4.36. The number of rotatable bonds is 7. The molecule has 0 radical (unpaired) electrons. The molecule has 0 aromatic heterocycles. The average Bonchev–Trinajstić information content (AvgIpc) is 2.59. The molecule has 0 fully saturated rings. The van der Waals surface area contributed by atoms with Gasteiger partial charge in [0.2, 0.25) is 0 Å². The second kappa shape index (κ2) is 8.09. The highest BCUT2D eigenvalue weighted by molar-refractivity contribution is 7.99. The van der Waals surface area contributed by atoms with Gasteiger partial charge in [-0.3, -0.25) is 4.72 Å². The molecule has 0 bridgehead atoms. The third-order valence-corrected chi connectivity index (χ3v) is 5.69. The van der Waals surface area contributed by atoms with E-state index in [1.54, 1.807) is 0 Å². The standard InChI is InChI=1S/C16H16F3NO4S2/c1-23-13-8-7-11(9-14(13)24-2)26(21,22)20-12-5-3-4-6-15(12)25-10-16(17,18)19/h3-9,20H,10H2,1-2H3. The smallest absolute Gasteiger partial charge is 0.398 e. The summed E-state index contributed by atoms with van der Waals surface area (Å²) < 4.78 is 75.0. The molecule has 142 valence electrons. The van der Waals surface area contributed by atoms with Gasteiger partial charge in [-0.2, -0.15) is 13.2 Å². The molecule has 0 heterocycles. The summed E-state index contributed by atoms with van der Waals surface area (Å²) >= 11 is 0.507. The molecule has 2 aromatic rings. The largest absolute Gasteiger partial charge is 0.493 e. The number of para-hydroxylation sites is 1. The number of hydrogen-bond acceptors (Lipinski definition) is 5. The minimum absolute atomic E-state index is 0.0662. The predicted octanol–water partition coefficient (Wildman–Crippen LogP) is 4.16. The molecule has 0 saturated heterocycles. The lowest BCUT2D eigenvalue weighted by molar-refractivity contribution is -0.105. The molecule has 0 saturated carbocycles. The van der Waals surface area contributed by atoms with Crippen LogP contribution >= 0.6 is 11.8 Å². The van der Waals surface area contributed by atoms with E-state index < -0.39 is 22.0 Å². The van der Waals surface area contributed by atoms with Crippen LogP contribution in [0, 0.1) is 0 Å². The summed E-state index contributed by atoms with van der Waals surface area (Å²) in [7, 11) is -1.25. The van der Waals surface area contributed by atoms with Gasteiger partial charge in [-0.1, -0.05) is 12.1 Å². The van der Waals surface area contributed by atoms with Gasteiger partial charge in [0.05, 0.1) is 30.6 Å². The summed E-state index contributed by atoms with van der Waals surface area (Å²) in [5.41, 5.74) is 0.0662. The second-order valence-electron chi connectivity index (χ2n) is 5.02. The first-order chi connectivity index (χ1) is 12.2. The molecule has 0 aliphatic carbocycles. The van der Waals surface area contributed by atoms with E-state index in [0.717, 1.165) is 0 Å². The van der Waals surface area contributed by atoms with Crippen molar-refractivity contribution in [1.29, 1.82) is 0 Å². The Morgan fingerprint density at radius 3 is 2.31 bits per heavy atom. The maximum atomic E-state index is 12.6. The van der Waals surface area contributed by atoms with Crippen molar-refractivity contribution in [2.75, 3.05) is 24.7 Å². The van der Waals surface area contributed by atoms with Crippen LogP contribution in [0.3, 0.4) is 0 Å². The number of benzene rings is 2. The quantitative estimate of drug-likeness (QED) is 0.699. The predicted molar refractivity (Wildman–Crippen MR) is 93.6 cm³/mol. The molecule has 0 aliphatic heterocycles. The monoisotopic (exact) mass is 407 g/mol. The fraction of sp³-hybridized carbons (Fsp3) is 0.250. The summed E-state index contributed by atoms with van der Waals surface area (Å²) in [4.78, 5) is 0.0691. The Morgan fingerprint density at radius 2 is 1.69 bits per heavy atom. The summed E-state index contributed by atoms with van der Waals surface area (Å²) in [5, 5.41) is 0. The first kappa shape index (κ1) is 20.2. The van der Waals surface area contributed by atoms with Gasteiger partial charge in [-0.05, 0) is 24.3 Å². The number of anilines is 1. The SMILES string of the molecule is COc1ccc(S(=O)(=O)Nc2ccccc2SCC(F)(F)F)cc1OC. The van der Waals surface area contributed by atoms with Crippen molar-refractivity contribution in [3.05, 3.63) is 42.5 Å². The van der Waals surface area contributed by atoms with Crippen LogP contribution in [0.2, 0.25) is 0 Å². The van der Waals surface area contributed by atoms with Crippen molar-refractivity contribution in [3.8, 4) is 11.5 Å². The molecule has 0 aliphatic rings. The van der Waals surface area contributed by atoms with Crippen molar-refractivity contribution in [3.63, 3.8) is 0 Å². The van der Waals surface area contributed by atoms with Crippen molar-refractivity contribution in [1.82, 2.24) is 0 Å². The van der Waals surface area contributed by atoms with Crippen LogP contribution in [0.5, 0.6) is 11.5 Å². The van der Waals surface area contributed by atoms with Crippen LogP contribution in [-0.2, 0) is 10.0 Å². The highest BCUT2D eigenvalue weighted by atomic mass is 32.2. The van der Waals surface area contributed by atoms with E-state index in [2.05, 4.69) is 4.72 Å². The van der Waals surface area contributed by atoms with Gasteiger partial charge >= 0.3 is 6.18 Å². The zero-order valence-corrected chi connectivity index (χ0v) is 15.5. The molecule has 2 rings (SSSR count). The van der Waals surface area contributed by atoms with E-state index in [0.29, 0.717) is 17.5 Å². The third-order valence-electron chi connectivity index (χ3n) is 3.19. The Kier molecular flexibility index (Phi) is 6.30. The Labute approximate surface area is 153 Å². The Balaban J connectivity index is 2.30. The Hall–Kier alpha value is -2.07. The molecule has 0 amide bonds. The first-order valence-corrected chi connectivity index (χ1v) is 9.66. The molecule has 5 nitrogen and oxygen atoms in total. The van der Waals surface area contributed by atoms with Crippen LogP contribution in [0.25, 0.3) is 0 Å². The fourth-order valence-corrected chi connectivity index (χ4v) is 3.95. The lowest BCUT2D eigenvalue weighted by Crippen LogP contribution is -2.14. The van der Waals surface area contributed by atoms with Gasteiger partial charge in [0.25, 0.3) is 10.0 Å². The molecule has 0 atom stereocenters. The third kappa shape index (κ3) is 5.21. The maximum absolute atomic E-state index is 12.6. The van der Waals surface area contributed by atoms with E-state index in [1.807, 2.05) is 0 Å². The molecule has 10 heteroatoms.